The van der Waals surface area contributed by atoms with Crippen LogP contribution in [0.25, 0.3) is 0 Å². The number of hydrogen-bond acceptors (Lipinski definition) is 0. The zero-order valence-corrected chi connectivity index (χ0v) is 15.6. The third-order valence-electron chi connectivity index (χ3n) is 3.20. The summed E-state index contributed by atoms with van der Waals surface area (Å²) in [5.41, 5.74) is 5.65. The van der Waals surface area contributed by atoms with Gasteiger partial charge in [0, 0.05) is 0 Å². The Morgan fingerprint density at radius 1 is 0.737 bits per heavy atom. The van der Waals surface area contributed by atoms with Gasteiger partial charge in [0.15, 0.2) is 0 Å². The molecule has 0 aliphatic heterocycles. The Hall–Kier alpha value is -0.417. The van der Waals surface area contributed by atoms with E-state index in [1.807, 2.05) is 0 Å². The van der Waals surface area contributed by atoms with Crippen LogP contribution in [0.3, 0.4) is 0 Å². The molecule has 2 aromatic rings. The maximum absolute atomic E-state index is 2.24. The summed E-state index contributed by atoms with van der Waals surface area (Å²) < 4.78 is 0. The van der Waals surface area contributed by atoms with Gasteiger partial charge in [-0.1, -0.05) is 53.4 Å². The van der Waals surface area contributed by atoms with Gasteiger partial charge < -0.3 is 0 Å². The Morgan fingerprint density at radius 3 is 1.16 bits per heavy atom. The van der Waals surface area contributed by atoms with Crippen LogP contribution in [0.5, 0.6) is 0 Å². The van der Waals surface area contributed by atoms with E-state index in [0.29, 0.717) is 11.8 Å². The molecule has 19 heavy (non-hydrogen) atoms. The second kappa shape index (κ2) is 8.69. The Balaban J connectivity index is 0.000000324. The first-order valence-corrected chi connectivity index (χ1v) is 6.86. The predicted molar refractivity (Wildman–Crippen MR) is 81.7 cm³/mol. The third kappa shape index (κ3) is 6.52. The predicted octanol–water partition coefficient (Wildman–Crippen LogP) is 5.67. The van der Waals surface area contributed by atoms with E-state index < -0.39 is 0 Å². The van der Waals surface area contributed by atoms with Gasteiger partial charge in [-0.05, 0) is 0 Å². The first-order chi connectivity index (χ1) is 8.40. The Labute approximate surface area is 138 Å². The maximum Gasteiger partial charge on any atom is 2.00 e. The molecule has 0 spiro atoms. The maximum atomic E-state index is 2.24. The summed E-state index contributed by atoms with van der Waals surface area (Å²) in [6, 6.07) is 13.2. The normalized spacial score (nSPS) is 10.1. The largest absolute Gasteiger partial charge is 2.00 e. The molecule has 0 fully saturated rings. The summed E-state index contributed by atoms with van der Waals surface area (Å²) >= 11 is 0. The first kappa shape index (κ1) is 18.6. The van der Waals surface area contributed by atoms with E-state index in [1.165, 1.54) is 22.3 Å². The van der Waals surface area contributed by atoms with Crippen molar-refractivity contribution in [1.82, 2.24) is 0 Å². The molecule has 0 aliphatic carbocycles. The van der Waals surface area contributed by atoms with Crippen LogP contribution in [-0.2, 0) is 26.2 Å². The minimum Gasteiger partial charge on any atom is -0.210 e. The molecular formula is C18H26Zr. The monoisotopic (exact) mass is 332 g/mol. The van der Waals surface area contributed by atoms with Crippen molar-refractivity contribution in [3.05, 3.63) is 58.7 Å². The van der Waals surface area contributed by atoms with Crippen LogP contribution >= 0.6 is 0 Å². The molecule has 2 rings (SSSR count). The number of hydrogen-bond donors (Lipinski definition) is 0. The molecule has 102 valence electrons. The van der Waals surface area contributed by atoms with Crippen molar-refractivity contribution < 1.29 is 26.2 Å². The minimum absolute atomic E-state index is 0. The van der Waals surface area contributed by atoms with Gasteiger partial charge in [-0.25, -0.2) is 12.1 Å². The van der Waals surface area contributed by atoms with Crippen molar-refractivity contribution in [2.45, 2.75) is 53.4 Å². The quantitative estimate of drug-likeness (QED) is 0.621. The van der Waals surface area contributed by atoms with Crippen molar-refractivity contribution in [1.29, 1.82) is 0 Å². The molecule has 1 heteroatoms. The Bertz CT molecular complexity index is 413. The summed E-state index contributed by atoms with van der Waals surface area (Å²) in [4.78, 5) is 0. The van der Waals surface area contributed by atoms with Gasteiger partial charge >= 0.3 is 26.2 Å². The van der Waals surface area contributed by atoms with Gasteiger partial charge in [0.25, 0.3) is 0 Å². The van der Waals surface area contributed by atoms with E-state index >= 15 is 0 Å². The van der Waals surface area contributed by atoms with Crippen LogP contribution in [-0.4, -0.2) is 0 Å². The summed E-state index contributed by atoms with van der Waals surface area (Å²) in [5, 5.41) is 0. The fourth-order valence-corrected chi connectivity index (χ4v) is 1.89. The molecule has 0 nitrogen and oxygen atoms in total. The molecule has 0 bridgehead atoms. The van der Waals surface area contributed by atoms with Crippen molar-refractivity contribution in [3.8, 4) is 0 Å². The van der Waals surface area contributed by atoms with Crippen LogP contribution in [0.4, 0.5) is 0 Å². The van der Waals surface area contributed by atoms with Crippen molar-refractivity contribution in [2.24, 2.45) is 0 Å². The van der Waals surface area contributed by atoms with Crippen LogP contribution < -0.4 is 0 Å². The van der Waals surface area contributed by atoms with E-state index in [9.17, 15) is 0 Å². The minimum atomic E-state index is 0. The molecule has 0 saturated carbocycles. The number of rotatable bonds is 2. The molecule has 0 aliphatic rings. The van der Waals surface area contributed by atoms with Gasteiger partial charge in [-0.15, -0.1) is 0 Å². The van der Waals surface area contributed by atoms with Crippen LogP contribution in [0.15, 0.2) is 36.4 Å². The SMILES string of the molecule is C[c-]1ccc(C(C)C)c1.C[c-]1ccc(C(C)C)c1.[Zr+2]. The number of aryl methyl sites for hydroxylation is 2. The Kier molecular flexibility index (Phi) is 8.50. The van der Waals surface area contributed by atoms with Gasteiger partial charge in [-0.2, -0.15) is 46.5 Å². The molecule has 0 radical (unpaired) electrons. The fraction of sp³-hybridized carbons (Fsp3) is 0.444. The molecule has 0 unspecified atom stereocenters. The van der Waals surface area contributed by atoms with Crippen LogP contribution in [0.1, 0.15) is 61.8 Å². The molecule has 0 N–H and O–H groups in total. The Morgan fingerprint density at radius 2 is 1.05 bits per heavy atom. The van der Waals surface area contributed by atoms with Gasteiger partial charge in [-0.3, -0.25) is 0 Å². The average molecular weight is 334 g/mol. The van der Waals surface area contributed by atoms with Crippen LogP contribution in [0, 0.1) is 13.8 Å². The van der Waals surface area contributed by atoms with E-state index in [4.69, 9.17) is 0 Å². The van der Waals surface area contributed by atoms with Crippen LogP contribution in [0.2, 0.25) is 0 Å². The van der Waals surface area contributed by atoms with Crippen molar-refractivity contribution >= 4 is 0 Å². The zero-order chi connectivity index (χ0) is 13.7. The molecule has 0 aromatic heterocycles. The van der Waals surface area contributed by atoms with E-state index in [1.54, 1.807) is 0 Å². The molecule has 0 amide bonds. The topological polar surface area (TPSA) is 0 Å². The zero-order valence-electron chi connectivity index (χ0n) is 13.1. The molecule has 0 heterocycles. The smallest absolute Gasteiger partial charge is 0.210 e. The first-order valence-electron chi connectivity index (χ1n) is 6.86. The van der Waals surface area contributed by atoms with Crippen molar-refractivity contribution in [2.75, 3.05) is 0 Å². The van der Waals surface area contributed by atoms with E-state index in [-0.39, 0.29) is 26.2 Å². The second-order valence-electron chi connectivity index (χ2n) is 5.75. The molecule has 0 saturated heterocycles. The molecular weight excluding hydrogens is 307 g/mol. The average Bonchev–Trinajstić information content (AvgIpc) is 2.88. The third-order valence-corrected chi connectivity index (χ3v) is 3.20. The summed E-state index contributed by atoms with van der Waals surface area (Å²) in [7, 11) is 0. The van der Waals surface area contributed by atoms with Gasteiger partial charge in [0.2, 0.25) is 0 Å². The van der Waals surface area contributed by atoms with E-state index in [2.05, 4.69) is 77.9 Å². The summed E-state index contributed by atoms with van der Waals surface area (Å²) in [6.45, 7) is 13.1. The standard InChI is InChI=1S/2C9H13.Zr/c2*1-7(2)9-5-4-8(3)6-9;/h2*4-7H,1-3H3;/q2*-1;+2. The molecule has 2 aromatic carbocycles. The van der Waals surface area contributed by atoms with Gasteiger partial charge in [0.05, 0.1) is 0 Å². The summed E-state index contributed by atoms with van der Waals surface area (Å²) in [5.74, 6) is 1.36. The fourth-order valence-electron chi connectivity index (χ4n) is 1.89. The molecule has 0 atom stereocenters. The van der Waals surface area contributed by atoms with Gasteiger partial charge in [0.1, 0.15) is 0 Å². The van der Waals surface area contributed by atoms with Crippen molar-refractivity contribution in [3.63, 3.8) is 0 Å². The summed E-state index contributed by atoms with van der Waals surface area (Å²) in [6.07, 6.45) is 0. The second-order valence-corrected chi connectivity index (χ2v) is 5.75. The van der Waals surface area contributed by atoms with E-state index in [0.717, 1.165) is 0 Å².